The van der Waals surface area contributed by atoms with Crippen LogP contribution in [-0.2, 0) is 4.74 Å². The summed E-state index contributed by atoms with van der Waals surface area (Å²) >= 11 is 0. The largest absolute Gasteiger partial charge is 0.394 e. The fourth-order valence-corrected chi connectivity index (χ4v) is 2.48. The molecule has 2 aromatic heterocycles. The van der Waals surface area contributed by atoms with Gasteiger partial charge in [0.25, 0.3) is 5.56 Å². The molecule has 3 N–H and O–H groups in total. The third-order valence-electron chi connectivity index (χ3n) is 4.03. The third-order valence-corrected chi connectivity index (χ3v) is 4.03. The van der Waals surface area contributed by atoms with Crippen LogP contribution in [0.15, 0.2) is 16.1 Å². The summed E-state index contributed by atoms with van der Waals surface area (Å²) in [6.07, 6.45) is -0.282. The number of nitrogens with zero attached hydrogens (tertiary/aromatic N) is 5. The van der Waals surface area contributed by atoms with Gasteiger partial charge in [0.1, 0.15) is 18.2 Å². The predicted octanol–water partition coefficient (Wildman–Crippen LogP) is -0.628. The van der Waals surface area contributed by atoms with E-state index in [2.05, 4.69) is 19.9 Å². The summed E-state index contributed by atoms with van der Waals surface area (Å²) in [4.78, 5) is 29.2. The van der Waals surface area contributed by atoms with Gasteiger partial charge in [-0.2, -0.15) is 4.98 Å². The molecule has 0 aromatic carbocycles. The van der Waals surface area contributed by atoms with Crippen molar-refractivity contribution in [2.24, 2.45) is 4.99 Å². The Bertz CT molecular complexity index is 826. The molecule has 1 saturated heterocycles. The molecule has 0 radical (unpaired) electrons. The molecule has 1 aliphatic heterocycles. The van der Waals surface area contributed by atoms with Gasteiger partial charge in [-0.05, 0) is 6.92 Å². The minimum absolute atomic E-state index is 0.165. The summed E-state index contributed by atoms with van der Waals surface area (Å²) in [7, 11) is 3.67. The molecule has 24 heavy (non-hydrogen) atoms. The highest BCUT2D eigenvalue weighted by Crippen LogP contribution is 2.30. The molecule has 3 atom stereocenters. The fraction of sp³-hybridized carbons (Fsp3) is 0.571. The van der Waals surface area contributed by atoms with Crippen LogP contribution in [0.2, 0.25) is 0 Å². The van der Waals surface area contributed by atoms with Crippen LogP contribution in [0.25, 0.3) is 11.2 Å². The van der Waals surface area contributed by atoms with Crippen LogP contribution in [0.4, 0.5) is 5.95 Å². The summed E-state index contributed by atoms with van der Waals surface area (Å²) < 4.78 is 7.18. The Morgan fingerprint density at radius 3 is 2.96 bits per heavy atom. The number of aliphatic imine (C=N–C) groups is 1. The zero-order chi connectivity index (χ0) is 17.4. The summed E-state index contributed by atoms with van der Waals surface area (Å²) in [6, 6.07) is 0. The van der Waals surface area contributed by atoms with Gasteiger partial charge in [0, 0.05) is 20.5 Å². The molecule has 0 aliphatic carbocycles. The van der Waals surface area contributed by atoms with Crippen LogP contribution in [-0.4, -0.2) is 73.4 Å². The normalized spacial score (nSPS) is 24.7. The number of fused-ring (bicyclic) bond motifs is 1. The molecule has 1 aliphatic rings. The van der Waals surface area contributed by atoms with Crippen LogP contribution in [0.3, 0.4) is 0 Å². The number of nitrogens with one attached hydrogen (secondary N) is 1. The van der Waals surface area contributed by atoms with Gasteiger partial charge in [-0.1, -0.05) is 0 Å². The average Bonchev–Trinajstić information content (AvgIpc) is 3.10. The topological polar surface area (TPSA) is 129 Å². The zero-order valence-electron chi connectivity index (χ0n) is 13.7. The van der Waals surface area contributed by atoms with Gasteiger partial charge in [-0.15, -0.1) is 0 Å². The number of aliphatic hydroxyl groups excluding tert-OH is 2. The Labute approximate surface area is 137 Å². The van der Waals surface area contributed by atoms with Gasteiger partial charge in [0.15, 0.2) is 11.2 Å². The summed E-state index contributed by atoms with van der Waals surface area (Å²) in [5.41, 5.74) is 0.0863. The van der Waals surface area contributed by atoms with Crippen molar-refractivity contribution in [3.05, 3.63) is 16.7 Å². The number of ether oxygens (including phenoxy) is 1. The van der Waals surface area contributed by atoms with E-state index >= 15 is 0 Å². The highest BCUT2D eigenvalue weighted by molar-refractivity contribution is 5.81. The van der Waals surface area contributed by atoms with Crippen molar-refractivity contribution in [2.75, 3.05) is 20.7 Å². The Morgan fingerprint density at radius 2 is 2.33 bits per heavy atom. The first-order valence-corrected chi connectivity index (χ1v) is 7.54. The minimum atomic E-state index is -0.784. The first-order chi connectivity index (χ1) is 11.4. The van der Waals surface area contributed by atoms with E-state index in [1.165, 1.54) is 6.33 Å². The van der Waals surface area contributed by atoms with Crippen LogP contribution in [0.1, 0.15) is 19.6 Å². The molecule has 0 unspecified atom stereocenters. The highest BCUT2D eigenvalue weighted by atomic mass is 16.5. The van der Waals surface area contributed by atoms with Crippen molar-refractivity contribution >= 4 is 22.9 Å². The maximum atomic E-state index is 12.2. The standard InChI is InChI=1S/C14H20N6O4/c1-7(19(2)3)16-14-17-12-11(13(23)18-14)15-6-20(12)10-4-8(22)9(5-21)24-10/h6,8-10,21-22H,4-5H2,1-3H3,(H,17,18,23)/b16-7+/t8-,9-,10-/m1/s1. The summed E-state index contributed by atoms with van der Waals surface area (Å²) in [6.45, 7) is 1.51. The number of imidazole rings is 1. The van der Waals surface area contributed by atoms with Gasteiger partial charge in [-0.3, -0.25) is 14.3 Å². The zero-order valence-corrected chi connectivity index (χ0v) is 13.7. The highest BCUT2D eigenvalue weighted by Gasteiger charge is 2.35. The molecule has 130 valence electrons. The molecule has 0 bridgehead atoms. The molecule has 0 amide bonds. The Balaban J connectivity index is 2.03. The van der Waals surface area contributed by atoms with Gasteiger partial charge in [0.05, 0.1) is 19.0 Å². The first-order valence-electron chi connectivity index (χ1n) is 7.54. The van der Waals surface area contributed by atoms with Gasteiger partial charge >= 0.3 is 0 Å². The molecule has 3 rings (SSSR count). The van der Waals surface area contributed by atoms with E-state index in [9.17, 15) is 15.0 Å². The number of aliphatic hydroxyl groups is 2. The third kappa shape index (κ3) is 2.90. The molecular weight excluding hydrogens is 316 g/mol. The SMILES string of the molecule is C/C(=N\c1nc2c(ncn2[C@H]2C[C@@H](O)[C@@H](CO)O2)c(=O)[nH]1)N(C)C. The average molecular weight is 336 g/mol. The number of amidine groups is 1. The van der Waals surface area contributed by atoms with Crippen molar-refractivity contribution in [2.45, 2.75) is 31.8 Å². The molecule has 10 heteroatoms. The number of hydrogen-bond acceptors (Lipinski definition) is 7. The minimum Gasteiger partial charge on any atom is -0.394 e. The molecule has 2 aromatic rings. The number of aromatic amines is 1. The molecule has 0 saturated carbocycles. The lowest BCUT2D eigenvalue weighted by Gasteiger charge is -2.14. The number of aromatic nitrogens is 4. The molecule has 3 heterocycles. The lowest BCUT2D eigenvalue weighted by atomic mass is 10.2. The predicted molar refractivity (Wildman–Crippen MR) is 86.2 cm³/mol. The fourth-order valence-electron chi connectivity index (χ4n) is 2.48. The Hall–Kier alpha value is -2.30. The second kappa shape index (κ2) is 6.30. The van der Waals surface area contributed by atoms with E-state index in [0.29, 0.717) is 11.5 Å². The monoisotopic (exact) mass is 336 g/mol. The van der Waals surface area contributed by atoms with Gasteiger partial charge in [0.2, 0.25) is 5.95 Å². The van der Waals surface area contributed by atoms with E-state index in [-0.39, 0.29) is 24.5 Å². The van der Waals surface area contributed by atoms with Crippen LogP contribution < -0.4 is 5.56 Å². The second-order valence-electron chi connectivity index (χ2n) is 5.88. The lowest BCUT2D eigenvalue weighted by molar-refractivity contribution is -0.0432. The van der Waals surface area contributed by atoms with Crippen molar-refractivity contribution < 1.29 is 14.9 Å². The Kier molecular flexibility index (Phi) is 4.35. The van der Waals surface area contributed by atoms with E-state index in [1.807, 2.05) is 14.1 Å². The van der Waals surface area contributed by atoms with Crippen molar-refractivity contribution in [3.63, 3.8) is 0 Å². The van der Waals surface area contributed by atoms with Gasteiger partial charge < -0.3 is 19.8 Å². The van der Waals surface area contributed by atoms with Crippen molar-refractivity contribution in [3.8, 4) is 0 Å². The van der Waals surface area contributed by atoms with Crippen molar-refractivity contribution in [1.29, 1.82) is 0 Å². The number of H-pyrrole nitrogens is 1. The summed E-state index contributed by atoms with van der Waals surface area (Å²) in [5.74, 6) is 0.842. The first kappa shape index (κ1) is 16.6. The summed E-state index contributed by atoms with van der Waals surface area (Å²) in [5, 5.41) is 19.1. The number of rotatable bonds is 3. The van der Waals surface area contributed by atoms with Crippen molar-refractivity contribution in [1.82, 2.24) is 24.4 Å². The van der Waals surface area contributed by atoms with Crippen LogP contribution in [0.5, 0.6) is 0 Å². The van der Waals surface area contributed by atoms with E-state index < -0.39 is 24.0 Å². The van der Waals surface area contributed by atoms with E-state index in [4.69, 9.17) is 4.74 Å². The molecule has 10 nitrogen and oxygen atoms in total. The second-order valence-corrected chi connectivity index (χ2v) is 5.88. The van der Waals surface area contributed by atoms with E-state index in [1.54, 1.807) is 16.4 Å². The van der Waals surface area contributed by atoms with Crippen LogP contribution in [0, 0.1) is 0 Å². The number of hydrogen-bond donors (Lipinski definition) is 3. The van der Waals surface area contributed by atoms with Crippen LogP contribution >= 0.6 is 0 Å². The van der Waals surface area contributed by atoms with Gasteiger partial charge in [-0.25, -0.2) is 9.98 Å². The Morgan fingerprint density at radius 1 is 1.58 bits per heavy atom. The lowest BCUT2D eigenvalue weighted by Crippen LogP contribution is -2.24. The molecule has 1 fully saturated rings. The van der Waals surface area contributed by atoms with E-state index in [0.717, 1.165) is 0 Å². The smallest absolute Gasteiger partial charge is 0.280 e. The quantitative estimate of drug-likeness (QED) is 0.503. The maximum Gasteiger partial charge on any atom is 0.280 e. The maximum absolute atomic E-state index is 12.2. The molecule has 0 spiro atoms. The molecular formula is C14H20N6O4.